The fraction of sp³-hybridized carbons (Fsp3) is 0.300. The molecule has 0 N–H and O–H groups in total. The Balaban J connectivity index is 2.53. The Morgan fingerprint density at radius 1 is 1.44 bits per heavy atom. The largest absolute Gasteiger partial charge is 0.464 e. The minimum absolute atomic E-state index is 0.00727. The van der Waals surface area contributed by atoms with E-state index in [9.17, 15) is 4.79 Å². The van der Waals surface area contributed by atoms with Gasteiger partial charge in [0.2, 0.25) is 0 Å². The molecule has 94 valence electrons. The van der Waals surface area contributed by atoms with Crippen LogP contribution < -0.4 is 0 Å². The molecule has 7 nitrogen and oxygen atoms in total. The van der Waals surface area contributed by atoms with Gasteiger partial charge in [0.25, 0.3) is 0 Å². The van der Waals surface area contributed by atoms with Gasteiger partial charge in [0.05, 0.1) is 19.0 Å². The Hall–Kier alpha value is -2.02. The van der Waals surface area contributed by atoms with E-state index in [1.54, 1.807) is 14.0 Å². The molecule has 0 radical (unpaired) electrons. The molecule has 0 saturated carbocycles. The highest BCUT2D eigenvalue weighted by Crippen LogP contribution is 2.20. The molecule has 18 heavy (non-hydrogen) atoms. The van der Waals surface area contributed by atoms with Crippen molar-refractivity contribution < 1.29 is 9.53 Å². The molecule has 0 aromatic carbocycles. The molecule has 0 saturated heterocycles. The fourth-order valence-electron chi connectivity index (χ4n) is 1.46. The number of esters is 1. The van der Waals surface area contributed by atoms with Gasteiger partial charge >= 0.3 is 5.97 Å². The summed E-state index contributed by atoms with van der Waals surface area (Å²) in [7, 11) is 2.95. The van der Waals surface area contributed by atoms with Crippen LogP contribution in [0.4, 0.5) is 0 Å². The highest BCUT2D eigenvalue weighted by atomic mass is 35.5. The van der Waals surface area contributed by atoms with E-state index >= 15 is 0 Å². The zero-order valence-corrected chi connectivity index (χ0v) is 10.8. The van der Waals surface area contributed by atoms with Crippen molar-refractivity contribution in [2.45, 2.75) is 6.92 Å². The predicted molar refractivity (Wildman–Crippen MR) is 63.1 cm³/mol. The first-order valence-corrected chi connectivity index (χ1v) is 5.40. The number of hydrogen-bond acceptors (Lipinski definition) is 6. The normalized spacial score (nSPS) is 10.4. The van der Waals surface area contributed by atoms with Crippen molar-refractivity contribution in [2.24, 2.45) is 7.05 Å². The lowest BCUT2D eigenvalue weighted by molar-refractivity contribution is 0.0594. The summed E-state index contributed by atoms with van der Waals surface area (Å²) >= 11 is 5.79. The average molecular weight is 268 g/mol. The highest BCUT2D eigenvalue weighted by molar-refractivity contribution is 6.32. The molecule has 0 aliphatic rings. The van der Waals surface area contributed by atoms with Crippen LogP contribution in [0.25, 0.3) is 11.4 Å². The van der Waals surface area contributed by atoms with E-state index in [4.69, 9.17) is 11.6 Å². The number of aryl methyl sites for hydroxylation is 2. The maximum Gasteiger partial charge on any atom is 0.359 e. The van der Waals surface area contributed by atoms with Crippen molar-refractivity contribution in [1.82, 2.24) is 25.0 Å². The smallest absolute Gasteiger partial charge is 0.359 e. The third-order valence-corrected chi connectivity index (χ3v) is 2.51. The van der Waals surface area contributed by atoms with Gasteiger partial charge in [-0.1, -0.05) is 11.6 Å². The van der Waals surface area contributed by atoms with Crippen LogP contribution in [0.15, 0.2) is 6.20 Å². The lowest BCUT2D eigenvalue weighted by atomic mass is 10.2. The van der Waals surface area contributed by atoms with E-state index in [1.807, 2.05) is 0 Å². The minimum Gasteiger partial charge on any atom is -0.464 e. The Labute approximate surface area is 108 Å². The van der Waals surface area contributed by atoms with Gasteiger partial charge in [-0.3, -0.25) is 0 Å². The molecule has 2 aromatic rings. The zero-order chi connectivity index (χ0) is 13.3. The molecule has 2 heterocycles. The van der Waals surface area contributed by atoms with Crippen LogP contribution in [0.1, 0.15) is 16.2 Å². The molecule has 0 aliphatic carbocycles. The summed E-state index contributed by atoms with van der Waals surface area (Å²) in [5.74, 6) is -0.643. The maximum absolute atomic E-state index is 11.5. The summed E-state index contributed by atoms with van der Waals surface area (Å²) < 4.78 is 4.58. The van der Waals surface area contributed by atoms with Crippen molar-refractivity contribution in [3.05, 3.63) is 22.7 Å². The second-order valence-electron chi connectivity index (χ2n) is 3.51. The van der Waals surface area contributed by atoms with E-state index in [0.29, 0.717) is 17.1 Å². The summed E-state index contributed by atoms with van der Waals surface area (Å²) in [6, 6.07) is 0. The number of hydrogen-bond donors (Lipinski definition) is 0. The topological polar surface area (TPSA) is 82.8 Å². The van der Waals surface area contributed by atoms with Gasteiger partial charge in [-0.05, 0) is 6.92 Å². The van der Waals surface area contributed by atoms with Crippen LogP contribution in [0, 0.1) is 6.92 Å². The molecular formula is C10H10ClN5O2. The lowest BCUT2D eigenvalue weighted by Crippen LogP contribution is -2.07. The summed E-state index contributed by atoms with van der Waals surface area (Å²) in [6.45, 7) is 1.79. The van der Waals surface area contributed by atoms with E-state index in [1.165, 1.54) is 18.1 Å². The van der Waals surface area contributed by atoms with Crippen molar-refractivity contribution >= 4 is 17.6 Å². The van der Waals surface area contributed by atoms with Gasteiger partial charge in [0, 0.05) is 7.05 Å². The first-order chi connectivity index (χ1) is 8.52. The van der Waals surface area contributed by atoms with Crippen LogP contribution in [-0.4, -0.2) is 38.0 Å². The third-order valence-electron chi connectivity index (χ3n) is 2.23. The molecule has 0 spiro atoms. The van der Waals surface area contributed by atoms with Crippen LogP contribution in [0.3, 0.4) is 0 Å². The minimum atomic E-state index is -0.643. The quantitative estimate of drug-likeness (QED) is 0.756. The molecule has 0 amide bonds. The monoisotopic (exact) mass is 267 g/mol. The number of ether oxygens (including phenoxy) is 1. The van der Waals surface area contributed by atoms with Gasteiger partial charge in [0.15, 0.2) is 10.8 Å². The molecular weight excluding hydrogens is 258 g/mol. The van der Waals surface area contributed by atoms with Crippen molar-refractivity contribution in [3.63, 3.8) is 0 Å². The van der Waals surface area contributed by atoms with Gasteiger partial charge in [0.1, 0.15) is 11.4 Å². The summed E-state index contributed by atoms with van der Waals surface area (Å²) in [5.41, 5.74) is 1.61. The van der Waals surface area contributed by atoms with E-state index in [0.717, 1.165) is 0 Å². The van der Waals surface area contributed by atoms with E-state index in [2.05, 4.69) is 24.9 Å². The van der Waals surface area contributed by atoms with Crippen LogP contribution in [0.2, 0.25) is 5.15 Å². The number of carbonyl (C=O) groups excluding carboxylic acids is 1. The second-order valence-corrected chi connectivity index (χ2v) is 3.87. The summed E-state index contributed by atoms with van der Waals surface area (Å²) in [4.78, 5) is 20.9. The predicted octanol–water partition coefficient (Wildman–Crippen LogP) is 1.02. The Bertz CT molecular complexity index is 610. The van der Waals surface area contributed by atoms with Crippen molar-refractivity contribution in [1.29, 1.82) is 0 Å². The molecule has 0 aliphatic heterocycles. The molecule has 0 fully saturated rings. The van der Waals surface area contributed by atoms with Crippen molar-refractivity contribution in [2.75, 3.05) is 7.11 Å². The second kappa shape index (κ2) is 4.69. The van der Waals surface area contributed by atoms with Crippen LogP contribution in [-0.2, 0) is 11.8 Å². The van der Waals surface area contributed by atoms with Gasteiger partial charge in [-0.25, -0.2) is 14.8 Å². The molecule has 2 aromatic heterocycles. The Morgan fingerprint density at radius 3 is 2.72 bits per heavy atom. The Kier molecular flexibility index (Phi) is 3.24. The fourth-order valence-corrected chi connectivity index (χ4v) is 1.62. The highest BCUT2D eigenvalue weighted by Gasteiger charge is 2.18. The number of methoxy groups -OCH3 is 1. The third kappa shape index (κ3) is 2.17. The lowest BCUT2D eigenvalue weighted by Gasteiger charge is -2.02. The van der Waals surface area contributed by atoms with Crippen LogP contribution >= 0.6 is 11.6 Å². The van der Waals surface area contributed by atoms with Gasteiger partial charge in [-0.2, -0.15) is 15.0 Å². The molecule has 0 unspecified atom stereocenters. The number of aromatic nitrogens is 5. The Morgan fingerprint density at radius 2 is 2.17 bits per heavy atom. The SMILES string of the molecule is COC(=O)c1nc(-c2nn(C)nc2C)cnc1Cl. The van der Waals surface area contributed by atoms with Gasteiger partial charge < -0.3 is 4.74 Å². The number of nitrogens with zero attached hydrogens (tertiary/aromatic N) is 5. The number of rotatable bonds is 2. The zero-order valence-electron chi connectivity index (χ0n) is 10.0. The molecule has 0 atom stereocenters. The number of carbonyl (C=O) groups is 1. The summed E-state index contributed by atoms with van der Waals surface area (Å²) in [6.07, 6.45) is 1.44. The molecule has 8 heteroatoms. The molecule has 0 bridgehead atoms. The summed E-state index contributed by atoms with van der Waals surface area (Å²) in [5, 5.41) is 8.23. The first kappa shape index (κ1) is 12.4. The maximum atomic E-state index is 11.5. The van der Waals surface area contributed by atoms with Crippen LogP contribution in [0.5, 0.6) is 0 Å². The standard InChI is InChI=1S/C10H10ClN5O2/c1-5-7(15-16(2)14-5)6-4-12-9(11)8(13-6)10(17)18-3/h4H,1-3H3. The number of halogens is 1. The van der Waals surface area contributed by atoms with E-state index in [-0.39, 0.29) is 10.8 Å². The molecule has 2 rings (SSSR count). The average Bonchev–Trinajstić information content (AvgIpc) is 2.68. The van der Waals surface area contributed by atoms with Gasteiger partial charge in [-0.15, -0.1) is 0 Å². The van der Waals surface area contributed by atoms with Crippen molar-refractivity contribution in [3.8, 4) is 11.4 Å². The first-order valence-electron chi connectivity index (χ1n) is 5.02. The van der Waals surface area contributed by atoms with E-state index < -0.39 is 5.97 Å².